The van der Waals surface area contributed by atoms with E-state index in [1.54, 1.807) is 49.6 Å². The van der Waals surface area contributed by atoms with Crippen molar-refractivity contribution in [2.24, 2.45) is 5.73 Å². The Balaban J connectivity index is 2.08. The van der Waals surface area contributed by atoms with Gasteiger partial charge in [-0.15, -0.1) is 0 Å². The molecule has 0 aliphatic carbocycles. The number of methoxy groups -OCH3 is 1. The fourth-order valence-electron chi connectivity index (χ4n) is 1.71. The lowest BCUT2D eigenvalue weighted by Gasteiger charge is -2.01. The first-order chi connectivity index (χ1) is 10.5. The number of hydrogen-bond acceptors (Lipinski definition) is 3. The van der Waals surface area contributed by atoms with Gasteiger partial charge in [0.1, 0.15) is 5.75 Å². The highest BCUT2D eigenvalue weighted by Crippen LogP contribution is 2.16. The summed E-state index contributed by atoms with van der Waals surface area (Å²) in [6.45, 7) is 1.85. The predicted octanol–water partition coefficient (Wildman–Crippen LogP) is 1.21. The zero-order valence-corrected chi connectivity index (χ0v) is 13.0. The number of amidine groups is 1. The van der Waals surface area contributed by atoms with Gasteiger partial charge in [0.2, 0.25) is 0 Å². The minimum atomic E-state index is -0.571. The molecule has 0 saturated heterocycles. The normalized spacial score (nSPS) is 11.1. The van der Waals surface area contributed by atoms with Crippen molar-refractivity contribution in [2.75, 3.05) is 7.11 Å². The molecule has 0 spiro atoms. The fraction of sp³-hybridized carbons (Fsp3) is 0.125. The van der Waals surface area contributed by atoms with Crippen LogP contribution in [0, 0.1) is 6.92 Å². The third-order valence-corrected chi connectivity index (χ3v) is 3.47. The second kappa shape index (κ2) is 6.95. The maximum Gasteiger partial charge on any atom is 0.387 e. The number of nitrogen functional groups attached to an aromatic ring is 1. The van der Waals surface area contributed by atoms with E-state index in [0.717, 1.165) is 5.56 Å². The van der Waals surface area contributed by atoms with E-state index in [4.69, 9.17) is 26.9 Å². The van der Waals surface area contributed by atoms with Crippen molar-refractivity contribution in [3.8, 4) is 5.75 Å². The lowest BCUT2D eigenvalue weighted by atomic mass is 10.1. The van der Waals surface area contributed by atoms with Crippen LogP contribution in [0.5, 0.6) is 5.75 Å². The molecule has 3 N–H and O–H groups in total. The third kappa shape index (κ3) is 3.77. The van der Waals surface area contributed by atoms with E-state index in [9.17, 15) is 4.79 Å². The molecule has 22 heavy (non-hydrogen) atoms. The van der Waals surface area contributed by atoms with Crippen molar-refractivity contribution in [3.05, 3.63) is 64.2 Å². The Morgan fingerprint density at radius 1 is 1.14 bits per heavy atom. The Morgan fingerprint density at radius 3 is 2.36 bits per heavy atom. The number of halogens is 1. The van der Waals surface area contributed by atoms with E-state index in [1.165, 1.54) is 0 Å². The van der Waals surface area contributed by atoms with Gasteiger partial charge in [0, 0.05) is 5.02 Å². The summed E-state index contributed by atoms with van der Waals surface area (Å²) in [5.74, 6) is 0.357. The zero-order valence-electron chi connectivity index (χ0n) is 12.2. The Bertz CT molecular complexity index is 712. The van der Waals surface area contributed by atoms with Gasteiger partial charge < -0.3 is 4.74 Å². The van der Waals surface area contributed by atoms with Crippen LogP contribution in [0.2, 0.25) is 5.02 Å². The summed E-state index contributed by atoms with van der Waals surface area (Å²) in [5.41, 5.74) is 7.73. The average molecular weight is 320 g/mol. The topological polar surface area (TPSA) is 75.5 Å². The Kier molecular flexibility index (Phi) is 5.01. The summed E-state index contributed by atoms with van der Waals surface area (Å²) in [6, 6.07) is 11.9. The molecule has 0 radical (unpaired) electrons. The van der Waals surface area contributed by atoms with Gasteiger partial charge >= 0.3 is 11.8 Å². The molecule has 114 valence electrons. The summed E-state index contributed by atoms with van der Waals surface area (Å²) < 4.78 is 5.06. The first-order valence-electron chi connectivity index (χ1n) is 6.51. The second-order valence-corrected chi connectivity index (χ2v) is 5.00. The monoisotopic (exact) mass is 319 g/mol. The van der Waals surface area contributed by atoms with Crippen molar-refractivity contribution in [2.45, 2.75) is 6.92 Å². The number of carbonyl (C=O) groups excluding carboxylic acids is 1. The number of hydrogen-bond donors (Lipinski definition) is 2. The summed E-state index contributed by atoms with van der Waals surface area (Å²) in [5, 5.41) is 2.93. The average Bonchev–Trinajstić information content (AvgIpc) is 2.54. The quantitative estimate of drug-likeness (QED) is 0.384. The van der Waals surface area contributed by atoms with Gasteiger partial charge in [-0.3, -0.25) is 10.6 Å². The summed E-state index contributed by atoms with van der Waals surface area (Å²) >= 11 is 5.98. The molecule has 0 aliphatic heterocycles. The minimum absolute atomic E-state index is 0.217. The summed E-state index contributed by atoms with van der Waals surface area (Å²) in [6.07, 6.45) is 0. The van der Waals surface area contributed by atoms with Gasteiger partial charge in [-0.25, -0.2) is 4.79 Å². The molecule has 0 aromatic heterocycles. The number of ether oxygens (including phenoxy) is 1. The van der Waals surface area contributed by atoms with Crippen molar-refractivity contribution >= 4 is 23.4 Å². The summed E-state index contributed by atoms with van der Waals surface area (Å²) in [4.78, 5) is 16.9. The standard InChI is InChI=1S/C16H15ClN2O3/c1-10-3-4-12(9-14(10)17)16(20)22-19-15(18)11-5-7-13(21-2)8-6-11/h3-9H,1-2H3,(H2,18,19)/p+1. The summed E-state index contributed by atoms with van der Waals surface area (Å²) in [7, 11) is 1.58. The number of aryl methyl sites for hydroxylation is 1. The van der Waals surface area contributed by atoms with E-state index in [0.29, 0.717) is 21.9 Å². The van der Waals surface area contributed by atoms with E-state index >= 15 is 0 Å². The van der Waals surface area contributed by atoms with E-state index in [-0.39, 0.29) is 5.84 Å². The Hall–Kier alpha value is -2.53. The van der Waals surface area contributed by atoms with E-state index < -0.39 is 5.97 Å². The minimum Gasteiger partial charge on any atom is -0.497 e. The first kappa shape index (κ1) is 15.9. The molecule has 5 nitrogen and oxygen atoms in total. The highest BCUT2D eigenvalue weighted by atomic mass is 35.5. The van der Waals surface area contributed by atoms with Crippen LogP contribution >= 0.6 is 11.6 Å². The molecule has 0 saturated carbocycles. The molecule has 0 aliphatic rings. The maximum atomic E-state index is 11.9. The molecule has 0 atom stereocenters. The van der Waals surface area contributed by atoms with Crippen LogP contribution in [-0.4, -0.2) is 18.9 Å². The molecule has 0 amide bonds. The van der Waals surface area contributed by atoms with Crippen LogP contribution < -0.4 is 15.6 Å². The van der Waals surface area contributed by atoms with Gasteiger partial charge in [0.05, 0.1) is 18.2 Å². The number of nitrogens with one attached hydrogen (secondary N) is 1. The Morgan fingerprint density at radius 2 is 1.77 bits per heavy atom. The van der Waals surface area contributed by atoms with Crippen molar-refractivity contribution in [1.82, 2.24) is 0 Å². The molecule has 0 unspecified atom stereocenters. The van der Waals surface area contributed by atoms with Gasteiger partial charge in [-0.2, -0.15) is 0 Å². The predicted molar refractivity (Wildman–Crippen MR) is 83.9 cm³/mol. The molecule has 2 rings (SSSR count). The smallest absolute Gasteiger partial charge is 0.387 e. The molecule has 2 aromatic rings. The van der Waals surface area contributed by atoms with Crippen LogP contribution in [0.25, 0.3) is 0 Å². The van der Waals surface area contributed by atoms with Gasteiger partial charge in [0.25, 0.3) is 0 Å². The van der Waals surface area contributed by atoms with Gasteiger partial charge in [-0.05, 0) is 48.9 Å². The largest absolute Gasteiger partial charge is 0.497 e. The highest BCUT2D eigenvalue weighted by Gasteiger charge is 2.12. The lowest BCUT2D eigenvalue weighted by Crippen LogP contribution is -2.75. The number of benzene rings is 2. The van der Waals surface area contributed by atoms with Crippen LogP contribution in [0.3, 0.4) is 0 Å². The fourth-order valence-corrected chi connectivity index (χ4v) is 1.89. The first-order valence-corrected chi connectivity index (χ1v) is 6.89. The molecule has 2 aromatic carbocycles. The SMILES string of the molecule is COc1ccc(C(N)=[NH+]OC(=O)c2ccc(C)c(Cl)c2)cc1. The number of nitrogens with two attached hydrogens (primary N) is 1. The van der Waals surface area contributed by atoms with Crippen LogP contribution in [-0.2, 0) is 4.84 Å². The van der Waals surface area contributed by atoms with Gasteiger partial charge in [-0.1, -0.05) is 22.8 Å². The molecule has 6 heteroatoms. The van der Waals surface area contributed by atoms with Crippen LogP contribution in [0.1, 0.15) is 21.5 Å². The third-order valence-electron chi connectivity index (χ3n) is 3.06. The molecule has 0 fully saturated rings. The lowest BCUT2D eigenvalue weighted by molar-refractivity contribution is -0.721. The number of rotatable bonds is 4. The van der Waals surface area contributed by atoms with Crippen molar-refractivity contribution in [1.29, 1.82) is 0 Å². The molecular formula is C16H16ClN2O3+. The zero-order chi connectivity index (χ0) is 16.1. The van der Waals surface area contributed by atoms with Crippen LogP contribution in [0.15, 0.2) is 42.5 Å². The van der Waals surface area contributed by atoms with Gasteiger partial charge in [0.15, 0.2) is 0 Å². The Labute approximate surface area is 133 Å². The van der Waals surface area contributed by atoms with Crippen LogP contribution in [0.4, 0.5) is 0 Å². The number of carbonyl (C=O) groups is 1. The highest BCUT2D eigenvalue weighted by molar-refractivity contribution is 6.31. The van der Waals surface area contributed by atoms with Crippen molar-refractivity contribution < 1.29 is 19.5 Å². The van der Waals surface area contributed by atoms with Crippen molar-refractivity contribution in [3.63, 3.8) is 0 Å². The molecule has 0 bridgehead atoms. The van der Waals surface area contributed by atoms with E-state index in [1.807, 2.05) is 6.92 Å². The molecule has 0 heterocycles. The van der Waals surface area contributed by atoms with E-state index in [2.05, 4.69) is 5.16 Å². The maximum absolute atomic E-state index is 11.9. The molecular weight excluding hydrogens is 304 g/mol. The second-order valence-electron chi connectivity index (χ2n) is 4.60.